The van der Waals surface area contributed by atoms with Crippen molar-refractivity contribution in [3.8, 4) is 28.6 Å². The van der Waals surface area contributed by atoms with Crippen molar-refractivity contribution in [1.82, 2.24) is 0 Å². The second kappa shape index (κ2) is 9.54. The monoisotopic (exact) mass is 566 g/mol. The van der Waals surface area contributed by atoms with E-state index in [1.165, 1.54) is 0 Å². The third kappa shape index (κ3) is 3.99. The third-order valence-electron chi connectivity index (χ3n) is 8.07. The second-order valence-electron chi connectivity index (χ2n) is 10.6. The lowest BCUT2D eigenvalue weighted by Gasteiger charge is -2.02. The van der Waals surface area contributed by atoms with Gasteiger partial charge in [-0.3, -0.25) is 0 Å². The number of ether oxygens (including phenoxy) is 1. The Hall–Kier alpha value is -5.46. The van der Waals surface area contributed by atoms with Gasteiger partial charge in [0.2, 0.25) is 0 Å². The molecule has 1 N–H and O–H groups in total. The van der Waals surface area contributed by atoms with Gasteiger partial charge in [-0.2, -0.15) is 0 Å². The van der Waals surface area contributed by atoms with E-state index >= 15 is 0 Å². The molecule has 0 aliphatic heterocycles. The Morgan fingerprint density at radius 2 is 0.953 bits per heavy atom. The van der Waals surface area contributed by atoms with Crippen LogP contribution in [0.25, 0.3) is 88.1 Å². The molecular formula is C37H26O6. The first-order valence-electron chi connectivity index (χ1n) is 14.0. The van der Waals surface area contributed by atoms with E-state index in [1.54, 1.807) is 7.11 Å². The van der Waals surface area contributed by atoms with Gasteiger partial charge in [-0.15, -0.1) is 0 Å². The average Bonchev–Trinajstić information content (AvgIpc) is 3.83. The second-order valence-corrected chi connectivity index (χ2v) is 10.6. The van der Waals surface area contributed by atoms with Crippen LogP contribution in [0.3, 0.4) is 0 Å². The minimum Gasteiger partial charge on any atom is -0.468 e. The van der Waals surface area contributed by atoms with Gasteiger partial charge in [0.1, 0.15) is 39.6 Å². The Kier molecular flexibility index (Phi) is 5.61. The summed E-state index contributed by atoms with van der Waals surface area (Å²) in [5, 5.41) is 15.7. The van der Waals surface area contributed by atoms with Gasteiger partial charge < -0.3 is 27.5 Å². The molecule has 0 aliphatic rings. The Labute approximate surface area is 245 Å². The minimum atomic E-state index is 0.492. The van der Waals surface area contributed by atoms with Crippen LogP contribution in [0.1, 0.15) is 5.76 Å². The summed E-state index contributed by atoms with van der Waals surface area (Å²) in [5.74, 6) is 3.02. The zero-order valence-corrected chi connectivity index (χ0v) is 23.7. The molecular weight excluding hydrogens is 540 g/mol. The highest BCUT2D eigenvalue weighted by atomic mass is 16.6. The molecule has 0 aliphatic carbocycles. The molecule has 6 heteroatoms. The molecule has 0 amide bonds. The quantitative estimate of drug-likeness (QED) is 0.229. The topological polar surface area (TPSA) is 82.0 Å². The van der Waals surface area contributed by atoms with E-state index in [4.69, 9.17) is 27.5 Å². The van der Waals surface area contributed by atoms with E-state index in [2.05, 4.69) is 72.8 Å². The summed E-state index contributed by atoms with van der Waals surface area (Å²) in [6.45, 7) is 1.96. The lowest BCUT2D eigenvalue weighted by Crippen LogP contribution is -1.78. The maximum absolute atomic E-state index is 7.00. The molecule has 6 nitrogen and oxygen atoms in total. The number of methoxy groups -OCH3 is 1. The molecule has 210 valence electrons. The number of fused-ring (bicyclic) bond motifs is 8. The lowest BCUT2D eigenvalue weighted by atomic mass is 10.0. The van der Waals surface area contributed by atoms with Gasteiger partial charge in [-0.1, -0.05) is 24.3 Å². The molecule has 0 atom stereocenters. The predicted molar refractivity (Wildman–Crippen MR) is 171 cm³/mol. The van der Waals surface area contributed by atoms with E-state index in [1.807, 2.05) is 31.2 Å². The van der Waals surface area contributed by atoms with Crippen LogP contribution >= 0.6 is 0 Å². The summed E-state index contributed by atoms with van der Waals surface area (Å²) < 4.78 is 29.6. The van der Waals surface area contributed by atoms with E-state index in [9.17, 15) is 0 Å². The molecule has 9 rings (SSSR count). The van der Waals surface area contributed by atoms with Crippen LogP contribution in [0.15, 0.2) is 115 Å². The van der Waals surface area contributed by atoms with Gasteiger partial charge in [0.15, 0.2) is 0 Å². The van der Waals surface area contributed by atoms with Crippen LogP contribution in [-0.4, -0.2) is 19.3 Å². The molecule has 0 saturated carbocycles. The summed E-state index contributed by atoms with van der Waals surface area (Å²) in [4.78, 5) is 0. The van der Waals surface area contributed by atoms with E-state index < -0.39 is 0 Å². The van der Waals surface area contributed by atoms with Gasteiger partial charge in [-0.05, 0) is 95.2 Å². The molecule has 5 aromatic carbocycles. The van der Waals surface area contributed by atoms with Gasteiger partial charge in [-0.25, -0.2) is 0 Å². The van der Waals surface area contributed by atoms with Crippen molar-refractivity contribution in [2.75, 3.05) is 14.2 Å². The number of hydrogen-bond acceptors (Lipinski definition) is 6. The predicted octanol–water partition coefficient (Wildman–Crippen LogP) is 10.2. The minimum absolute atomic E-state index is 0.492. The van der Waals surface area contributed by atoms with Crippen molar-refractivity contribution in [2.45, 2.75) is 6.92 Å². The van der Waals surface area contributed by atoms with Crippen molar-refractivity contribution in [3.05, 3.63) is 103 Å². The average molecular weight is 567 g/mol. The normalized spacial score (nSPS) is 11.7. The van der Waals surface area contributed by atoms with E-state index in [-0.39, 0.29) is 0 Å². The van der Waals surface area contributed by atoms with Crippen LogP contribution in [-0.2, 0) is 0 Å². The van der Waals surface area contributed by atoms with Crippen LogP contribution in [0.2, 0.25) is 0 Å². The molecule has 0 saturated heterocycles. The Bertz CT molecular complexity index is 2480. The first-order chi connectivity index (χ1) is 21.1. The summed E-state index contributed by atoms with van der Waals surface area (Å²) in [5.41, 5.74) is 5.40. The van der Waals surface area contributed by atoms with Crippen molar-refractivity contribution in [1.29, 1.82) is 0 Å². The number of aliphatic hydroxyl groups excluding tert-OH is 1. The fourth-order valence-electron chi connectivity index (χ4n) is 6.01. The molecule has 0 fully saturated rings. The van der Waals surface area contributed by atoms with Crippen LogP contribution in [0.4, 0.5) is 0 Å². The van der Waals surface area contributed by atoms with Gasteiger partial charge in [0.05, 0.1) is 7.11 Å². The summed E-state index contributed by atoms with van der Waals surface area (Å²) in [6.07, 6.45) is 0. The smallest absolute Gasteiger partial charge is 0.284 e. The first-order valence-corrected chi connectivity index (χ1v) is 14.0. The van der Waals surface area contributed by atoms with Crippen molar-refractivity contribution < 1.29 is 27.5 Å². The Balaban J connectivity index is 0.00000136. The van der Waals surface area contributed by atoms with Crippen molar-refractivity contribution >= 4 is 65.4 Å². The largest absolute Gasteiger partial charge is 0.468 e. The van der Waals surface area contributed by atoms with Crippen LogP contribution in [0.5, 0.6) is 5.95 Å². The van der Waals surface area contributed by atoms with E-state index in [0.29, 0.717) is 5.95 Å². The Morgan fingerprint density at radius 3 is 1.44 bits per heavy atom. The fourth-order valence-corrected chi connectivity index (χ4v) is 6.01. The number of aryl methyl sites for hydroxylation is 1. The SMILES string of the molecule is CO.COc1ccc(-c2ccc3cc4c(cc3c2)oc2cc3c(cc24)oc2cc4cc(-c5ccc(C)o5)ccc4cc23)o1. The van der Waals surface area contributed by atoms with Crippen molar-refractivity contribution in [2.24, 2.45) is 0 Å². The standard InChI is InChI=1S/C36H22O5.CH4O/c1-19-3-8-30(38-19)22-6-4-20-13-26-28-17-35-29(18-34(28)39-32(26)15-24(20)11-22)27-14-21-5-7-23(12-25(21)16-33(27)40-35)31-9-10-36(37-2)41-31;1-2/h3-18H,1-2H3;2H,1H3. The van der Waals surface area contributed by atoms with Gasteiger partial charge in [0, 0.05) is 45.8 Å². The molecule has 9 aromatic rings. The first kappa shape index (κ1) is 25.3. The highest BCUT2D eigenvalue weighted by molar-refractivity contribution is 6.18. The molecule has 4 aromatic heterocycles. The number of hydrogen-bond donors (Lipinski definition) is 1. The summed E-state index contributed by atoms with van der Waals surface area (Å²) >= 11 is 0. The van der Waals surface area contributed by atoms with Crippen molar-refractivity contribution in [3.63, 3.8) is 0 Å². The zero-order valence-electron chi connectivity index (χ0n) is 23.7. The molecule has 0 bridgehead atoms. The molecule has 0 spiro atoms. The highest BCUT2D eigenvalue weighted by Gasteiger charge is 2.16. The highest BCUT2D eigenvalue weighted by Crippen LogP contribution is 2.40. The number of aliphatic hydroxyl groups is 1. The van der Waals surface area contributed by atoms with E-state index in [0.717, 1.165) is 101 Å². The summed E-state index contributed by atoms with van der Waals surface area (Å²) in [7, 11) is 2.60. The molecule has 0 unspecified atom stereocenters. The van der Waals surface area contributed by atoms with Gasteiger partial charge in [0.25, 0.3) is 5.95 Å². The maximum Gasteiger partial charge on any atom is 0.284 e. The zero-order chi connectivity index (χ0) is 29.2. The molecule has 4 heterocycles. The molecule has 0 radical (unpaired) electrons. The van der Waals surface area contributed by atoms with Crippen LogP contribution in [0, 0.1) is 6.92 Å². The number of benzene rings is 5. The van der Waals surface area contributed by atoms with Gasteiger partial charge >= 0.3 is 0 Å². The Morgan fingerprint density at radius 1 is 0.465 bits per heavy atom. The summed E-state index contributed by atoms with van der Waals surface area (Å²) in [6, 6.07) is 33.2. The molecule has 43 heavy (non-hydrogen) atoms. The number of furan rings is 4. The number of rotatable bonds is 3. The van der Waals surface area contributed by atoms with Crippen LogP contribution < -0.4 is 4.74 Å². The third-order valence-corrected chi connectivity index (χ3v) is 8.07. The fraction of sp³-hybridized carbons (Fsp3) is 0.0811. The lowest BCUT2D eigenvalue weighted by molar-refractivity contribution is 0.309. The maximum atomic E-state index is 7.00.